The van der Waals surface area contributed by atoms with E-state index in [9.17, 15) is 4.79 Å². The number of likely N-dealkylation sites (tertiary alicyclic amines) is 1. The third-order valence-corrected chi connectivity index (χ3v) is 5.58. The van der Waals surface area contributed by atoms with Crippen LogP contribution in [0.5, 0.6) is 0 Å². The Morgan fingerprint density at radius 1 is 1.00 bits per heavy atom. The first-order chi connectivity index (χ1) is 12.7. The molecule has 2 aliphatic rings. The molecular formula is C19H24N6O. The van der Waals surface area contributed by atoms with Gasteiger partial charge in [0, 0.05) is 50.3 Å². The third-order valence-electron chi connectivity index (χ3n) is 5.58. The van der Waals surface area contributed by atoms with E-state index in [-0.39, 0.29) is 5.91 Å². The summed E-state index contributed by atoms with van der Waals surface area (Å²) in [7, 11) is 0. The van der Waals surface area contributed by atoms with Crippen molar-refractivity contribution in [2.45, 2.75) is 19.3 Å². The van der Waals surface area contributed by atoms with Gasteiger partial charge in [-0.15, -0.1) is 0 Å². The number of hydrogen-bond acceptors (Lipinski definition) is 6. The fourth-order valence-electron chi connectivity index (χ4n) is 4.15. The molecule has 7 nitrogen and oxygen atoms in total. The van der Waals surface area contributed by atoms with Crippen LogP contribution >= 0.6 is 0 Å². The molecule has 0 spiro atoms. The molecule has 26 heavy (non-hydrogen) atoms. The van der Waals surface area contributed by atoms with Crippen molar-refractivity contribution in [2.24, 2.45) is 11.8 Å². The number of nitrogen functional groups attached to an aromatic ring is 1. The van der Waals surface area contributed by atoms with Gasteiger partial charge in [-0.1, -0.05) is 0 Å². The number of nitrogens with two attached hydrogens (primary N) is 1. The molecule has 2 aromatic heterocycles. The van der Waals surface area contributed by atoms with E-state index in [1.54, 1.807) is 30.7 Å². The molecule has 136 valence electrons. The van der Waals surface area contributed by atoms with E-state index in [4.69, 9.17) is 5.73 Å². The van der Waals surface area contributed by atoms with Crippen molar-refractivity contribution in [3.63, 3.8) is 0 Å². The highest BCUT2D eigenvalue weighted by molar-refractivity contribution is 5.94. The maximum atomic E-state index is 12.7. The lowest BCUT2D eigenvalue weighted by Crippen LogP contribution is -2.38. The zero-order valence-electron chi connectivity index (χ0n) is 14.8. The summed E-state index contributed by atoms with van der Waals surface area (Å²) in [5.41, 5.74) is 6.34. The van der Waals surface area contributed by atoms with Crippen LogP contribution in [0, 0.1) is 11.8 Å². The molecule has 1 atom stereocenters. The molecule has 0 radical (unpaired) electrons. The van der Waals surface area contributed by atoms with Crippen LogP contribution < -0.4 is 10.6 Å². The number of anilines is 2. The van der Waals surface area contributed by atoms with E-state index in [1.807, 2.05) is 11.0 Å². The lowest BCUT2D eigenvalue weighted by Gasteiger charge is -2.34. The molecule has 7 heteroatoms. The second-order valence-electron chi connectivity index (χ2n) is 7.14. The van der Waals surface area contributed by atoms with E-state index in [0.717, 1.165) is 51.4 Å². The number of aromatic nitrogens is 3. The van der Waals surface area contributed by atoms with Crippen molar-refractivity contribution >= 4 is 17.7 Å². The number of carbonyl (C=O) groups is 1. The Labute approximate surface area is 153 Å². The largest absolute Gasteiger partial charge is 0.384 e. The highest BCUT2D eigenvalue weighted by Gasteiger charge is 2.34. The van der Waals surface area contributed by atoms with Crippen LogP contribution in [0.15, 0.2) is 36.8 Å². The summed E-state index contributed by atoms with van der Waals surface area (Å²) in [5.74, 6) is 2.52. The quantitative estimate of drug-likeness (QED) is 0.907. The van der Waals surface area contributed by atoms with Gasteiger partial charge in [-0.3, -0.25) is 4.79 Å². The molecule has 0 saturated carbocycles. The second-order valence-corrected chi connectivity index (χ2v) is 7.14. The van der Waals surface area contributed by atoms with Crippen molar-refractivity contribution in [3.05, 3.63) is 42.4 Å². The van der Waals surface area contributed by atoms with Crippen molar-refractivity contribution in [1.29, 1.82) is 0 Å². The first kappa shape index (κ1) is 16.8. The molecule has 0 unspecified atom stereocenters. The Bertz CT molecular complexity index is 760. The van der Waals surface area contributed by atoms with Gasteiger partial charge in [-0.05, 0) is 49.3 Å². The van der Waals surface area contributed by atoms with Crippen LogP contribution in [0.25, 0.3) is 0 Å². The summed E-state index contributed by atoms with van der Waals surface area (Å²) in [6.07, 6.45) is 8.53. The average Bonchev–Trinajstić information content (AvgIpc) is 3.18. The highest BCUT2D eigenvalue weighted by Crippen LogP contribution is 2.33. The number of rotatable bonds is 3. The van der Waals surface area contributed by atoms with Crippen molar-refractivity contribution in [3.8, 4) is 0 Å². The Hall–Kier alpha value is -2.70. The van der Waals surface area contributed by atoms with Gasteiger partial charge in [0.15, 0.2) is 0 Å². The number of pyridine rings is 1. The molecule has 0 aromatic carbocycles. The van der Waals surface area contributed by atoms with Gasteiger partial charge in [0.05, 0.1) is 0 Å². The minimum atomic E-state index is 0.0664. The van der Waals surface area contributed by atoms with Crippen LogP contribution in [0.1, 0.15) is 29.6 Å². The van der Waals surface area contributed by atoms with Gasteiger partial charge in [-0.25, -0.2) is 15.0 Å². The van der Waals surface area contributed by atoms with Gasteiger partial charge in [0.2, 0.25) is 5.95 Å². The van der Waals surface area contributed by atoms with E-state index in [2.05, 4.69) is 19.9 Å². The summed E-state index contributed by atoms with van der Waals surface area (Å²) in [6, 6.07) is 5.25. The number of hydrogen-bond donors (Lipinski definition) is 1. The van der Waals surface area contributed by atoms with Crippen LogP contribution in [0.4, 0.5) is 11.8 Å². The second kappa shape index (κ2) is 7.27. The SMILES string of the molecule is Nc1cc(C(=O)N2CC[C@H](C3CCN(c4ncccn4)CC3)C2)ccn1. The standard InChI is InChI=1S/C19H24N6O/c20-17-12-15(2-8-21-17)18(26)25-11-5-16(13-25)14-3-9-24(10-4-14)19-22-6-1-7-23-19/h1-2,6-8,12,14,16H,3-5,9-11,13H2,(H2,20,21)/t16-/m0/s1. The first-order valence-corrected chi connectivity index (χ1v) is 9.23. The fourth-order valence-corrected chi connectivity index (χ4v) is 4.15. The van der Waals surface area contributed by atoms with Crippen LogP contribution in [-0.4, -0.2) is 51.9 Å². The number of nitrogens with zero attached hydrogens (tertiary/aromatic N) is 5. The predicted molar refractivity (Wildman–Crippen MR) is 99.6 cm³/mol. The van der Waals surface area contributed by atoms with Gasteiger partial charge in [0.25, 0.3) is 5.91 Å². The Morgan fingerprint density at radius 2 is 1.73 bits per heavy atom. The first-order valence-electron chi connectivity index (χ1n) is 9.23. The van der Waals surface area contributed by atoms with Gasteiger partial charge < -0.3 is 15.5 Å². The summed E-state index contributed by atoms with van der Waals surface area (Å²) in [4.78, 5) is 29.6. The molecule has 1 amide bonds. The molecule has 2 saturated heterocycles. The lowest BCUT2D eigenvalue weighted by molar-refractivity contribution is 0.0780. The van der Waals surface area contributed by atoms with E-state index >= 15 is 0 Å². The third kappa shape index (κ3) is 3.47. The van der Waals surface area contributed by atoms with Gasteiger partial charge in [0.1, 0.15) is 5.82 Å². The fraction of sp³-hybridized carbons (Fsp3) is 0.474. The minimum Gasteiger partial charge on any atom is -0.384 e. The smallest absolute Gasteiger partial charge is 0.254 e. The predicted octanol–water partition coefficient (Wildman–Crippen LogP) is 1.83. The lowest BCUT2D eigenvalue weighted by atomic mass is 9.84. The summed E-state index contributed by atoms with van der Waals surface area (Å²) >= 11 is 0. The van der Waals surface area contributed by atoms with E-state index in [0.29, 0.717) is 23.2 Å². The van der Waals surface area contributed by atoms with Crippen LogP contribution in [0.3, 0.4) is 0 Å². The van der Waals surface area contributed by atoms with Crippen molar-refractivity contribution in [1.82, 2.24) is 19.9 Å². The molecule has 0 aliphatic carbocycles. The Morgan fingerprint density at radius 3 is 2.46 bits per heavy atom. The molecule has 2 N–H and O–H groups in total. The topological polar surface area (TPSA) is 88.2 Å². The van der Waals surface area contributed by atoms with Crippen molar-refractivity contribution in [2.75, 3.05) is 36.8 Å². The number of piperidine rings is 1. The average molecular weight is 352 g/mol. The molecule has 4 heterocycles. The maximum Gasteiger partial charge on any atom is 0.254 e. The molecule has 0 bridgehead atoms. The normalized spacial score (nSPS) is 21.2. The number of amides is 1. The van der Waals surface area contributed by atoms with E-state index < -0.39 is 0 Å². The molecule has 2 aromatic rings. The molecule has 4 rings (SSSR count). The Balaban J connectivity index is 1.33. The zero-order chi connectivity index (χ0) is 17.9. The number of carbonyl (C=O) groups excluding carboxylic acids is 1. The molecule has 2 fully saturated rings. The maximum absolute atomic E-state index is 12.7. The summed E-state index contributed by atoms with van der Waals surface area (Å²) in [6.45, 7) is 3.64. The minimum absolute atomic E-state index is 0.0664. The van der Waals surface area contributed by atoms with Crippen molar-refractivity contribution < 1.29 is 4.79 Å². The van der Waals surface area contributed by atoms with Gasteiger partial charge in [-0.2, -0.15) is 0 Å². The van der Waals surface area contributed by atoms with E-state index in [1.165, 1.54) is 0 Å². The zero-order valence-corrected chi connectivity index (χ0v) is 14.8. The molecule has 2 aliphatic heterocycles. The summed E-state index contributed by atoms with van der Waals surface area (Å²) in [5, 5.41) is 0. The molecular weight excluding hydrogens is 328 g/mol. The monoisotopic (exact) mass is 352 g/mol. The van der Waals surface area contributed by atoms with Crippen LogP contribution in [-0.2, 0) is 0 Å². The highest BCUT2D eigenvalue weighted by atomic mass is 16.2. The Kier molecular flexibility index (Phi) is 4.69. The van der Waals surface area contributed by atoms with Crippen LogP contribution in [0.2, 0.25) is 0 Å². The summed E-state index contributed by atoms with van der Waals surface area (Å²) < 4.78 is 0. The van der Waals surface area contributed by atoms with Gasteiger partial charge >= 0.3 is 0 Å².